The number of halogens is 3. The Hall–Kier alpha value is -1.19. The number of alkyl halides is 3. The molecule has 1 aromatic rings. The van der Waals surface area contributed by atoms with Crippen LogP contribution in [-0.4, -0.2) is 6.36 Å². The second-order valence-corrected chi connectivity index (χ2v) is 8.65. The number of hydrogen-bond acceptors (Lipinski definition) is 1. The Balaban J connectivity index is 1.48. The van der Waals surface area contributed by atoms with Gasteiger partial charge in [-0.05, 0) is 73.5 Å². The average Bonchev–Trinajstić information content (AvgIpc) is 2.87. The maximum atomic E-state index is 12.3. The molecular formula is C23H33F3O. The van der Waals surface area contributed by atoms with Crippen LogP contribution in [0.5, 0.6) is 5.75 Å². The largest absolute Gasteiger partial charge is 0.573 e. The minimum atomic E-state index is -4.62. The Bertz CT molecular complexity index is 558. The molecule has 2 aliphatic carbocycles. The van der Waals surface area contributed by atoms with E-state index in [1.807, 2.05) is 12.1 Å². The summed E-state index contributed by atoms with van der Waals surface area (Å²) in [6.07, 6.45) is 10.0. The van der Waals surface area contributed by atoms with Crippen LogP contribution in [0.25, 0.3) is 0 Å². The van der Waals surface area contributed by atoms with Crippen LogP contribution in [0.1, 0.15) is 89.0 Å². The van der Waals surface area contributed by atoms with Gasteiger partial charge in [-0.2, -0.15) is 0 Å². The van der Waals surface area contributed by atoms with E-state index in [4.69, 9.17) is 0 Å². The van der Waals surface area contributed by atoms with Crippen molar-refractivity contribution in [2.45, 2.75) is 89.8 Å². The summed E-state index contributed by atoms with van der Waals surface area (Å²) >= 11 is 0. The second kappa shape index (κ2) is 9.34. The zero-order valence-electron chi connectivity index (χ0n) is 16.4. The van der Waals surface area contributed by atoms with Crippen molar-refractivity contribution in [1.29, 1.82) is 0 Å². The first kappa shape index (κ1) is 20.5. The van der Waals surface area contributed by atoms with Crippen LogP contribution in [-0.2, 0) is 0 Å². The van der Waals surface area contributed by atoms with Gasteiger partial charge in [-0.1, -0.05) is 57.6 Å². The molecule has 2 saturated carbocycles. The van der Waals surface area contributed by atoms with Gasteiger partial charge in [0.25, 0.3) is 0 Å². The molecule has 0 bridgehead atoms. The van der Waals surface area contributed by atoms with Crippen molar-refractivity contribution >= 4 is 0 Å². The first-order chi connectivity index (χ1) is 12.9. The predicted molar refractivity (Wildman–Crippen MR) is 103 cm³/mol. The van der Waals surface area contributed by atoms with Crippen molar-refractivity contribution in [2.75, 3.05) is 0 Å². The van der Waals surface area contributed by atoms with Gasteiger partial charge < -0.3 is 4.74 Å². The second-order valence-electron chi connectivity index (χ2n) is 8.65. The first-order valence-electron chi connectivity index (χ1n) is 10.8. The lowest BCUT2D eigenvalue weighted by atomic mass is 9.72. The van der Waals surface area contributed by atoms with E-state index < -0.39 is 6.36 Å². The summed E-state index contributed by atoms with van der Waals surface area (Å²) in [5.74, 6) is 3.07. The Morgan fingerprint density at radius 2 is 1.48 bits per heavy atom. The number of hydrogen-bond donors (Lipinski definition) is 0. The highest BCUT2D eigenvalue weighted by atomic mass is 19.4. The van der Waals surface area contributed by atoms with Crippen LogP contribution < -0.4 is 4.74 Å². The summed E-state index contributed by atoms with van der Waals surface area (Å²) in [6.45, 7) is 2.30. The summed E-state index contributed by atoms with van der Waals surface area (Å²) < 4.78 is 40.8. The molecule has 152 valence electrons. The normalized spacial score (nSPS) is 29.9. The van der Waals surface area contributed by atoms with E-state index in [0.717, 1.165) is 23.3 Å². The van der Waals surface area contributed by atoms with E-state index in [9.17, 15) is 13.2 Å². The first-order valence-corrected chi connectivity index (χ1v) is 10.8. The van der Waals surface area contributed by atoms with Crippen molar-refractivity contribution in [2.24, 2.45) is 17.8 Å². The van der Waals surface area contributed by atoms with Crippen molar-refractivity contribution in [3.8, 4) is 5.75 Å². The molecular weight excluding hydrogens is 349 g/mol. The summed E-state index contributed by atoms with van der Waals surface area (Å²) in [4.78, 5) is 0. The summed E-state index contributed by atoms with van der Waals surface area (Å²) in [6, 6.07) is 6.53. The maximum absolute atomic E-state index is 12.3. The van der Waals surface area contributed by atoms with Gasteiger partial charge in [0, 0.05) is 0 Å². The Kier molecular flexibility index (Phi) is 7.10. The summed E-state index contributed by atoms with van der Waals surface area (Å²) in [7, 11) is 0. The minimum absolute atomic E-state index is 0.125. The van der Waals surface area contributed by atoms with Crippen LogP contribution in [0.15, 0.2) is 24.3 Å². The molecule has 3 rings (SSSR count). The SMILES string of the molecule is CCCC1CCCC(C2CCC(c3ccc(OC(F)(F)F)cc3)CC2)CC1. The molecule has 2 atom stereocenters. The molecule has 0 heterocycles. The summed E-state index contributed by atoms with van der Waals surface area (Å²) in [5, 5.41) is 0. The van der Waals surface area contributed by atoms with Gasteiger partial charge in [0.2, 0.25) is 0 Å². The van der Waals surface area contributed by atoms with Gasteiger partial charge in [-0.3, -0.25) is 0 Å². The zero-order chi connectivity index (χ0) is 19.3. The van der Waals surface area contributed by atoms with Gasteiger partial charge >= 0.3 is 6.36 Å². The molecule has 0 N–H and O–H groups in total. The fraction of sp³-hybridized carbons (Fsp3) is 0.739. The maximum Gasteiger partial charge on any atom is 0.573 e. The topological polar surface area (TPSA) is 9.23 Å². The molecule has 0 aliphatic heterocycles. The van der Waals surface area contributed by atoms with Crippen LogP contribution in [0.3, 0.4) is 0 Å². The van der Waals surface area contributed by atoms with Gasteiger partial charge in [0.05, 0.1) is 0 Å². The van der Waals surface area contributed by atoms with Gasteiger partial charge in [-0.25, -0.2) is 0 Å². The Morgan fingerprint density at radius 1 is 0.852 bits per heavy atom. The quantitative estimate of drug-likeness (QED) is 0.471. The van der Waals surface area contributed by atoms with E-state index >= 15 is 0 Å². The third-order valence-electron chi connectivity index (χ3n) is 6.85. The van der Waals surface area contributed by atoms with Gasteiger partial charge in [0.1, 0.15) is 5.75 Å². The third kappa shape index (κ3) is 6.15. The Labute approximate surface area is 161 Å². The fourth-order valence-electron chi connectivity index (χ4n) is 5.44. The lowest BCUT2D eigenvalue weighted by Gasteiger charge is -2.34. The molecule has 2 aliphatic rings. The Morgan fingerprint density at radius 3 is 2.11 bits per heavy atom. The number of ether oxygens (including phenoxy) is 1. The highest BCUT2D eigenvalue weighted by Gasteiger charge is 2.32. The lowest BCUT2D eigenvalue weighted by Crippen LogP contribution is -2.21. The molecule has 0 saturated heterocycles. The number of rotatable bonds is 5. The van der Waals surface area contributed by atoms with Crippen LogP contribution in [0, 0.1) is 17.8 Å². The molecule has 27 heavy (non-hydrogen) atoms. The average molecular weight is 383 g/mol. The van der Waals surface area contributed by atoms with Gasteiger partial charge in [-0.15, -0.1) is 13.2 Å². The van der Waals surface area contributed by atoms with Crippen LogP contribution >= 0.6 is 0 Å². The highest BCUT2D eigenvalue weighted by Crippen LogP contribution is 2.43. The molecule has 1 nitrogen and oxygen atoms in total. The minimum Gasteiger partial charge on any atom is -0.406 e. The smallest absolute Gasteiger partial charge is 0.406 e. The molecule has 0 aromatic heterocycles. The van der Waals surface area contributed by atoms with Crippen LogP contribution in [0.4, 0.5) is 13.2 Å². The van der Waals surface area contributed by atoms with Gasteiger partial charge in [0.15, 0.2) is 0 Å². The van der Waals surface area contributed by atoms with E-state index in [1.165, 1.54) is 82.8 Å². The van der Waals surface area contributed by atoms with E-state index in [-0.39, 0.29) is 5.75 Å². The monoisotopic (exact) mass is 382 g/mol. The van der Waals surface area contributed by atoms with Crippen molar-refractivity contribution in [3.63, 3.8) is 0 Å². The lowest BCUT2D eigenvalue weighted by molar-refractivity contribution is -0.274. The van der Waals surface area contributed by atoms with Crippen molar-refractivity contribution in [1.82, 2.24) is 0 Å². The molecule has 1 aromatic carbocycles. The highest BCUT2D eigenvalue weighted by molar-refractivity contribution is 5.29. The standard InChI is InChI=1S/C23H33F3O/c1-2-4-17-5-3-6-18(8-7-17)19-9-11-20(12-10-19)21-13-15-22(16-14-21)27-23(24,25)26/h13-20H,2-12H2,1H3. The fourth-order valence-corrected chi connectivity index (χ4v) is 5.44. The molecule has 0 radical (unpaired) electrons. The van der Waals surface area contributed by atoms with Crippen molar-refractivity contribution in [3.05, 3.63) is 29.8 Å². The van der Waals surface area contributed by atoms with E-state index in [1.54, 1.807) is 0 Å². The van der Waals surface area contributed by atoms with Crippen LogP contribution in [0.2, 0.25) is 0 Å². The predicted octanol–water partition coefficient (Wildman–Crippen LogP) is 7.86. The molecule has 0 amide bonds. The number of benzene rings is 1. The zero-order valence-corrected chi connectivity index (χ0v) is 16.4. The molecule has 2 fully saturated rings. The van der Waals surface area contributed by atoms with Crippen molar-refractivity contribution < 1.29 is 17.9 Å². The third-order valence-corrected chi connectivity index (χ3v) is 6.85. The van der Waals surface area contributed by atoms with E-state index in [2.05, 4.69) is 11.7 Å². The molecule has 4 heteroatoms. The van der Waals surface area contributed by atoms with E-state index in [0.29, 0.717) is 5.92 Å². The summed E-state index contributed by atoms with van der Waals surface area (Å²) in [5.41, 5.74) is 1.16. The molecule has 2 unspecified atom stereocenters. The molecule has 0 spiro atoms.